The highest BCUT2D eigenvalue weighted by molar-refractivity contribution is 7.88. The van der Waals surface area contributed by atoms with Crippen molar-refractivity contribution >= 4 is 10.0 Å². The van der Waals surface area contributed by atoms with Gasteiger partial charge in [0.05, 0.1) is 12.4 Å². The number of sulfonamides is 1. The van der Waals surface area contributed by atoms with Gasteiger partial charge in [-0.3, -0.25) is 4.90 Å². The van der Waals surface area contributed by atoms with E-state index >= 15 is 0 Å². The van der Waals surface area contributed by atoms with E-state index in [2.05, 4.69) is 10.2 Å². The smallest absolute Gasteiger partial charge is 0.211 e. The number of rotatable bonds is 4. The largest absolute Gasteiger partial charge is 0.378 e. The van der Waals surface area contributed by atoms with Crippen molar-refractivity contribution in [2.45, 2.75) is 37.5 Å². The van der Waals surface area contributed by atoms with Gasteiger partial charge < -0.3 is 10.1 Å². The molecule has 7 heteroatoms. The molecule has 0 aliphatic carbocycles. The Bertz CT molecular complexity index is 407. The van der Waals surface area contributed by atoms with Gasteiger partial charge in [-0.05, 0) is 25.8 Å². The molecule has 2 rings (SSSR count). The van der Waals surface area contributed by atoms with Gasteiger partial charge in [0.25, 0.3) is 0 Å². The lowest BCUT2D eigenvalue weighted by molar-refractivity contribution is -0.0143. The maximum atomic E-state index is 11.6. The minimum Gasteiger partial charge on any atom is -0.378 e. The molecule has 2 unspecified atom stereocenters. The number of methoxy groups -OCH3 is 1. The molecule has 20 heavy (non-hydrogen) atoms. The average molecular weight is 305 g/mol. The first-order chi connectivity index (χ1) is 9.43. The van der Waals surface area contributed by atoms with Crippen LogP contribution in [0.1, 0.15) is 19.3 Å². The Morgan fingerprint density at radius 2 is 1.90 bits per heavy atom. The lowest BCUT2D eigenvalue weighted by Crippen LogP contribution is -2.57. The highest BCUT2D eigenvalue weighted by Crippen LogP contribution is 2.23. The lowest BCUT2D eigenvalue weighted by Gasteiger charge is -2.43. The van der Waals surface area contributed by atoms with Crippen LogP contribution in [0.15, 0.2) is 0 Å². The molecule has 2 fully saturated rings. The van der Waals surface area contributed by atoms with Crippen LogP contribution in [0.4, 0.5) is 0 Å². The summed E-state index contributed by atoms with van der Waals surface area (Å²) < 4.78 is 30.3. The fourth-order valence-electron chi connectivity index (χ4n) is 3.33. The summed E-state index contributed by atoms with van der Waals surface area (Å²) in [5.41, 5.74) is 0. The van der Waals surface area contributed by atoms with Gasteiger partial charge in [-0.2, -0.15) is 0 Å². The van der Waals surface area contributed by atoms with Crippen molar-refractivity contribution in [1.82, 2.24) is 14.5 Å². The third-order valence-electron chi connectivity index (χ3n) is 4.70. The Hall–Kier alpha value is -0.210. The van der Waals surface area contributed by atoms with Crippen molar-refractivity contribution in [3.8, 4) is 0 Å². The van der Waals surface area contributed by atoms with Crippen LogP contribution < -0.4 is 5.32 Å². The number of likely N-dealkylation sites (tertiary alicyclic amines) is 1. The van der Waals surface area contributed by atoms with E-state index in [-0.39, 0.29) is 12.1 Å². The maximum absolute atomic E-state index is 11.6. The first-order valence-electron chi connectivity index (χ1n) is 7.34. The first-order valence-corrected chi connectivity index (χ1v) is 9.19. The minimum absolute atomic E-state index is 0.143. The second-order valence-electron chi connectivity index (χ2n) is 5.88. The predicted octanol–water partition coefficient (Wildman–Crippen LogP) is -0.281. The molecule has 0 radical (unpaired) electrons. The summed E-state index contributed by atoms with van der Waals surface area (Å²) >= 11 is 0. The Kier molecular flexibility index (Phi) is 5.42. The van der Waals surface area contributed by atoms with Crippen LogP contribution in [0.3, 0.4) is 0 Å². The molecular formula is C13H27N3O3S. The van der Waals surface area contributed by atoms with Crippen LogP contribution >= 0.6 is 0 Å². The Labute approximate surface area is 122 Å². The topological polar surface area (TPSA) is 61.9 Å². The van der Waals surface area contributed by atoms with Gasteiger partial charge in [0.2, 0.25) is 10.0 Å². The highest BCUT2D eigenvalue weighted by atomic mass is 32.2. The fourth-order valence-corrected chi connectivity index (χ4v) is 4.08. The molecule has 2 heterocycles. The van der Waals surface area contributed by atoms with E-state index in [1.165, 1.54) is 10.6 Å². The van der Waals surface area contributed by atoms with Crippen LogP contribution in [-0.4, -0.2) is 82.4 Å². The number of hydrogen-bond acceptors (Lipinski definition) is 5. The molecule has 0 amide bonds. The summed E-state index contributed by atoms with van der Waals surface area (Å²) in [6, 6.07) is 0.606. The molecule has 1 N–H and O–H groups in total. The molecule has 0 bridgehead atoms. The maximum Gasteiger partial charge on any atom is 0.211 e. The predicted molar refractivity (Wildman–Crippen MR) is 79.3 cm³/mol. The monoisotopic (exact) mass is 305 g/mol. The number of nitrogens with zero attached hydrogens (tertiary/aromatic N) is 2. The van der Waals surface area contributed by atoms with E-state index in [0.29, 0.717) is 6.04 Å². The average Bonchev–Trinajstić information content (AvgIpc) is 2.45. The van der Waals surface area contributed by atoms with Gasteiger partial charge in [0.15, 0.2) is 0 Å². The molecule has 118 valence electrons. The number of hydrogen-bond donors (Lipinski definition) is 1. The van der Waals surface area contributed by atoms with Crippen LogP contribution in [-0.2, 0) is 14.8 Å². The zero-order chi connectivity index (χ0) is 14.8. The molecule has 0 aromatic heterocycles. The summed E-state index contributed by atoms with van der Waals surface area (Å²) in [7, 11) is 0.385. The third-order valence-corrected chi connectivity index (χ3v) is 6.04. The molecule has 2 atom stereocenters. The molecule has 2 aliphatic rings. The summed E-state index contributed by atoms with van der Waals surface area (Å²) in [6.07, 6.45) is 4.44. The number of piperidine rings is 2. The molecular weight excluding hydrogens is 278 g/mol. The van der Waals surface area contributed by atoms with Gasteiger partial charge in [0.1, 0.15) is 0 Å². The summed E-state index contributed by atoms with van der Waals surface area (Å²) in [5.74, 6) is 0. The van der Waals surface area contributed by atoms with Crippen molar-refractivity contribution in [3.63, 3.8) is 0 Å². The Morgan fingerprint density at radius 1 is 1.25 bits per heavy atom. The van der Waals surface area contributed by atoms with Crippen molar-refractivity contribution < 1.29 is 13.2 Å². The quantitative estimate of drug-likeness (QED) is 0.774. The third kappa shape index (κ3) is 3.71. The highest BCUT2D eigenvalue weighted by Gasteiger charge is 2.34. The van der Waals surface area contributed by atoms with E-state index in [4.69, 9.17) is 4.74 Å². The normalized spacial score (nSPS) is 30.8. The van der Waals surface area contributed by atoms with E-state index in [1.807, 2.05) is 0 Å². The summed E-state index contributed by atoms with van der Waals surface area (Å²) in [4.78, 5) is 2.47. The number of ether oxygens (including phenoxy) is 1. The minimum atomic E-state index is -3.08. The molecule has 0 aromatic carbocycles. The van der Waals surface area contributed by atoms with Crippen molar-refractivity contribution in [2.24, 2.45) is 0 Å². The standard InChI is InChI=1S/C13H27N3O3S/c1-15(20(3,17)18)11-5-8-16(9-6-11)12-4-7-14-10-13(12)19-2/h11-14H,4-10H2,1-3H3. The fraction of sp³-hybridized carbons (Fsp3) is 1.00. The van der Waals surface area contributed by atoms with Crippen molar-refractivity contribution in [2.75, 3.05) is 46.6 Å². The Balaban J connectivity index is 1.90. The van der Waals surface area contributed by atoms with Gasteiger partial charge in [-0.15, -0.1) is 0 Å². The molecule has 0 saturated carbocycles. The van der Waals surface area contributed by atoms with Crippen LogP contribution in [0.5, 0.6) is 0 Å². The molecule has 6 nitrogen and oxygen atoms in total. The zero-order valence-electron chi connectivity index (χ0n) is 12.7. The van der Waals surface area contributed by atoms with Crippen LogP contribution in [0, 0.1) is 0 Å². The van der Waals surface area contributed by atoms with Gasteiger partial charge in [-0.25, -0.2) is 12.7 Å². The van der Waals surface area contributed by atoms with E-state index in [0.717, 1.165) is 45.4 Å². The second-order valence-corrected chi connectivity index (χ2v) is 7.92. The van der Waals surface area contributed by atoms with Gasteiger partial charge in [-0.1, -0.05) is 0 Å². The second kappa shape index (κ2) is 6.70. The zero-order valence-corrected chi connectivity index (χ0v) is 13.5. The van der Waals surface area contributed by atoms with E-state index in [1.54, 1.807) is 14.2 Å². The SMILES string of the molecule is COC1CNCCC1N1CCC(N(C)S(C)(=O)=O)CC1. The molecule has 0 aromatic rings. The first kappa shape index (κ1) is 16.2. The summed E-state index contributed by atoms with van der Waals surface area (Å²) in [6.45, 7) is 3.85. The van der Waals surface area contributed by atoms with Gasteiger partial charge >= 0.3 is 0 Å². The molecule has 2 aliphatic heterocycles. The number of nitrogens with one attached hydrogen (secondary N) is 1. The van der Waals surface area contributed by atoms with Crippen LogP contribution in [0.25, 0.3) is 0 Å². The molecule has 0 spiro atoms. The van der Waals surface area contributed by atoms with Crippen molar-refractivity contribution in [3.05, 3.63) is 0 Å². The van der Waals surface area contributed by atoms with Crippen molar-refractivity contribution in [1.29, 1.82) is 0 Å². The van der Waals surface area contributed by atoms with E-state index in [9.17, 15) is 8.42 Å². The summed E-state index contributed by atoms with van der Waals surface area (Å²) in [5, 5.41) is 3.36. The lowest BCUT2D eigenvalue weighted by atomic mass is 9.97. The van der Waals surface area contributed by atoms with Gasteiger partial charge in [0, 0.05) is 45.9 Å². The Morgan fingerprint density at radius 3 is 2.45 bits per heavy atom. The van der Waals surface area contributed by atoms with E-state index < -0.39 is 10.0 Å². The molecule has 2 saturated heterocycles. The van der Waals surface area contributed by atoms with Crippen LogP contribution in [0.2, 0.25) is 0 Å².